The third-order valence-corrected chi connectivity index (χ3v) is 4.66. The maximum atomic E-state index is 12.8. The summed E-state index contributed by atoms with van der Waals surface area (Å²) in [6.07, 6.45) is -6.34. The van der Waals surface area contributed by atoms with E-state index in [4.69, 9.17) is 9.47 Å². The van der Waals surface area contributed by atoms with E-state index < -0.39 is 52.7 Å². The summed E-state index contributed by atoms with van der Waals surface area (Å²) in [6, 6.07) is 0. The highest BCUT2D eigenvalue weighted by atomic mass is 19.4. The summed E-state index contributed by atoms with van der Waals surface area (Å²) in [4.78, 5) is 25.2. The minimum atomic E-state index is -4.83. The first-order chi connectivity index (χ1) is 12.2. The monoisotopic (exact) mass is 412 g/mol. The fourth-order valence-corrected chi connectivity index (χ4v) is 2.85. The van der Waals surface area contributed by atoms with Gasteiger partial charge >= 0.3 is 18.1 Å². The first-order valence-electron chi connectivity index (χ1n) is 9.40. The van der Waals surface area contributed by atoms with Crippen LogP contribution in [0.2, 0.25) is 0 Å². The SMILES string of the molecule is CCC(C)(CC(C)(C)C(=O)OC(C)(C)C)C(=O)OC(C)CC(C)(O)C(F)(F)F. The van der Waals surface area contributed by atoms with Crippen LogP contribution in [0.1, 0.15) is 81.6 Å². The van der Waals surface area contributed by atoms with E-state index in [2.05, 4.69) is 0 Å². The van der Waals surface area contributed by atoms with E-state index in [0.29, 0.717) is 13.3 Å². The van der Waals surface area contributed by atoms with Gasteiger partial charge in [-0.2, -0.15) is 13.2 Å². The molecule has 3 atom stereocenters. The molecule has 0 amide bonds. The van der Waals surface area contributed by atoms with Crippen LogP contribution in [0.5, 0.6) is 0 Å². The summed E-state index contributed by atoms with van der Waals surface area (Å²) in [5, 5.41) is 9.58. The molecule has 0 aromatic rings. The van der Waals surface area contributed by atoms with Crippen molar-refractivity contribution < 1.29 is 37.3 Å². The lowest BCUT2D eigenvalue weighted by atomic mass is 9.72. The third-order valence-electron chi connectivity index (χ3n) is 4.66. The molecule has 0 aliphatic carbocycles. The number of carbonyl (C=O) groups excluding carboxylic acids is 2. The van der Waals surface area contributed by atoms with Gasteiger partial charge in [-0.25, -0.2) is 0 Å². The van der Waals surface area contributed by atoms with Crippen LogP contribution in [0.25, 0.3) is 0 Å². The van der Waals surface area contributed by atoms with Gasteiger partial charge in [-0.1, -0.05) is 6.92 Å². The summed E-state index contributed by atoms with van der Waals surface area (Å²) in [5.41, 5.74) is -5.75. The average Bonchev–Trinajstić information content (AvgIpc) is 2.42. The predicted octanol–water partition coefficient (Wildman–Crippen LogP) is 4.80. The highest BCUT2D eigenvalue weighted by molar-refractivity contribution is 5.80. The van der Waals surface area contributed by atoms with Gasteiger partial charge in [-0.3, -0.25) is 9.59 Å². The van der Waals surface area contributed by atoms with Crippen LogP contribution < -0.4 is 0 Å². The van der Waals surface area contributed by atoms with E-state index in [1.807, 2.05) is 0 Å². The first-order valence-corrected chi connectivity index (χ1v) is 9.40. The van der Waals surface area contributed by atoms with E-state index in [1.165, 1.54) is 6.92 Å². The van der Waals surface area contributed by atoms with E-state index in [-0.39, 0.29) is 6.42 Å². The largest absolute Gasteiger partial charge is 0.462 e. The van der Waals surface area contributed by atoms with Crippen LogP contribution >= 0.6 is 0 Å². The van der Waals surface area contributed by atoms with Crippen molar-refractivity contribution in [3.63, 3.8) is 0 Å². The van der Waals surface area contributed by atoms with Crippen LogP contribution in [0.4, 0.5) is 13.2 Å². The quantitative estimate of drug-likeness (QED) is 0.580. The van der Waals surface area contributed by atoms with E-state index in [1.54, 1.807) is 48.5 Å². The van der Waals surface area contributed by atoms with Crippen molar-refractivity contribution >= 4 is 11.9 Å². The summed E-state index contributed by atoms with van der Waals surface area (Å²) in [6.45, 7) is 13.8. The number of halogens is 3. The highest BCUT2D eigenvalue weighted by Gasteiger charge is 2.51. The number of rotatable bonds is 8. The number of alkyl halides is 3. The number of carbonyl (C=O) groups is 2. The Morgan fingerprint density at radius 1 is 0.964 bits per heavy atom. The topological polar surface area (TPSA) is 72.8 Å². The molecule has 0 saturated heterocycles. The molecule has 8 heteroatoms. The van der Waals surface area contributed by atoms with Gasteiger partial charge in [0.1, 0.15) is 11.7 Å². The number of hydrogen-bond acceptors (Lipinski definition) is 5. The standard InChI is InChI=1S/C20H35F3O5/c1-10-18(8,12-17(6,7)14(24)28-16(3,4)5)15(25)27-13(2)11-19(9,26)20(21,22)23/h13,26H,10-12H2,1-9H3. The Kier molecular flexibility index (Phi) is 8.19. The Hall–Kier alpha value is -1.31. The molecule has 0 aliphatic rings. The molecule has 0 radical (unpaired) electrons. The van der Waals surface area contributed by atoms with Gasteiger partial charge in [-0.15, -0.1) is 0 Å². The Morgan fingerprint density at radius 2 is 1.43 bits per heavy atom. The smallest absolute Gasteiger partial charge is 0.417 e. The van der Waals surface area contributed by atoms with Crippen molar-refractivity contribution in [2.24, 2.45) is 10.8 Å². The molecule has 0 heterocycles. The molecule has 28 heavy (non-hydrogen) atoms. The zero-order valence-corrected chi connectivity index (χ0v) is 18.4. The summed E-state index contributed by atoms with van der Waals surface area (Å²) >= 11 is 0. The molecule has 0 fully saturated rings. The highest BCUT2D eigenvalue weighted by Crippen LogP contribution is 2.40. The van der Waals surface area contributed by atoms with E-state index in [0.717, 1.165) is 0 Å². The second kappa shape index (κ2) is 8.59. The maximum absolute atomic E-state index is 12.8. The molecule has 0 saturated carbocycles. The number of aliphatic hydroxyl groups is 1. The molecule has 166 valence electrons. The minimum absolute atomic E-state index is 0.104. The van der Waals surface area contributed by atoms with Crippen LogP contribution in [0, 0.1) is 10.8 Å². The zero-order chi connectivity index (χ0) is 22.8. The van der Waals surface area contributed by atoms with Gasteiger partial charge in [0.15, 0.2) is 5.60 Å². The van der Waals surface area contributed by atoms with Gasteiger partial charge in [0.05, 0.1) is 10.8 Å². The zero-order valence-electron chi connectivity index (χ0n) is 18.4. The predicted molar refractivity (Wildman–Crippen MR) is 99.5 cm³/mol. The molecule has 0 bridgehead atoms. The lowest BCUT2D eigenvalue weighted by molar-refractivity contribution is -0.261. The molecule has 0 aliphatic heterocycles. The first kappa shape index (κ1) is 26.7. The number of esters is 2. The molecule has 0 spiro atoms. The molecule has 5 nitrogen and oxygen atoms in total. The number of ether oxygens (including phenoxy) is 2. The Balaban J connectivity index is 5.26. The summed E-state index contributed by atoms with van der Waals surface area (Å²) in [7, 11) is 0. The lowest BCUT2D eigenvalue weighted by Gasteiger charge is -2.36. The van der Waals surface area contributed by atoms with Crippen molar-refractivity contribution in [1.82, 2.24) is 0 Å². The molecule has 0 rings (SSSR count). The summed E-state index contributed by atoms with van der Waals surface area (Å²) < 4.78 is 49.1. The minimum Gasteiger partial charge on any atom is -0.462 e. The molecule has 0 aromatic heterocycles. The van der Waals surface area contributed by atoms with Crippen molar-refractivity contribution in [3.8, 4) is 0 Å². The van der Waals surface area contributed by atoms with E-state index >= 15 is 0 Å². The second-order valence-electron chi connectivity index (χ2n) is 9.67. The average molecular weight is 412 g/mol. The second-order valence-corrected chi connectivity index (χ2v) is 9.67. The summed E-state index contributed by atoms with van der Waals surface area (Å²) in [5.74, 6) is -1.18. The van der Waals surface area contributed by atoms with Gasteiger partial charge < -0.3 is 14.6 Å². The van der Waals surface area contributed by atoms with Crippen molar-refractivity contribution in [1.29, 1.82) is 0 Å². The Morgan fingerprint density at radius 3 is 1.79 bits per heavy atom. The molecular weight excluding hydrogens is 377 g/mol. The van der Waals surface area contributed by atoms with Crippen molar-refractivity contribution in [2.45, 2.75) is 105 Å². The molecule has 3 unspecified atom stereocenters. The van der Waals surface area contributed by atoms with Crippen molar-refractivity contribution in [3.05, 3.63) is 0 Å². The third kappa shape index (κ3) is 7.60. The van der Waals surface area contributed by atoms with Crippen molar-refractivity contribution in [2.75, 3.05) is 0 Å². The van der Waals surface area contributed by atoms with E-state index in [9.17, 15) is 27.9 Å². The van der Waals surface area contributed by atoms with Crippen LogP contribution in [0.3, 0.4) is 0 Å². The molecule has 1 N–H and O–H groups in total. The molecular formula is C20H35F3O5. The number of hydrogen-bond donors (Lipinski definition) is 1. The Labute approximate surface area is 166 Å². The van der Waals surface area contributed by atoms with Crippen LogP contribution in [0.15, 0.2) is 0 Å². The lowest BCUT2D eigenvalue weighted by Crippen LogP contribution is -2.46. The molecule has 0 aromatic carbocycles. The maximum Gasteiger partial charge on any atom is 0.417 e. The van der Waals surface area contributed by atoms with Gasteiger partial charge in [0.2, 0.25) is 0 Å². The van der Waals surface area contributed by atoms with Gasteiger partial charge in [-0.05, 0) is 68.2 Å². The van der Waals surface area contributed by atoms with Crippen LogP contribution in [-0.2, 0) is 19.1 Å². The van der Waals surface area contributed by atoms with Gasteiger partial charge in [0.25, 0.3) is 0 Å². The Bertz CT molecular complexity index is 561. The fourth-order valence-electron chi connectivity index (χ4n) is 2.85. The van der Waals surface area contributed by atoms with Crippen LogP contribution in [-0.4, -0.2) is 40.5 Å². The fraction of sp³-hybridized carbons (Fsp3) is 0.900. The van der Waals surface area contributed by atoms with Gasteiger partial charge in [0, 0.05) is 6.42 Å². The normalized spacial score (nSPS) is 18.6.